The fraction of sp³-hybridized carbons (Fsp3) is 0.143. The molecule has 5 heteroatoms. The molecular formula is C21H17NO4. The molecule has 0 unspecified atom stereocenters. The first kappa shape index (κ1) is 16.1. The molecule has 5 nitrogen and oxygen atoms in total. The molecule has 0 aliphatic carbocycles. The Labute approximate surface area is 149 Å². The zero-order chi connectivity index (χ0) is 18.3. The van der Waals surface area contributed by atoms with E-state index in [9.17, 15) is 4.79 Å². The highest BCUT2D eigenvalue weighted by Gasteiger charge is 2.12. The van der Waals surface area contributed by atoms with Crippen LogP contribution in [-0.2, 0) is 0 Å². The summed E-state index contributed by atoms with van der Waals surface area (Å²) < 4.78 is 16.0. The molecule has 2 aromatic carbocycles. The number of aryl methyl sites for hydroxylation is 1. The Balaban J connectivity index is 1.94. The van der Waals surface area contributed by atoms with E-state index in [1.165, 1.54) is 6.07 Å². The van der Waals surface area contributed by atoms with Gasteiger partial charge in [-0.15, -0.1) is 0 Å². The van der Waals surface area contributed by atoms with E-state index >= 15 is 0 Å². The lowest BCUT2D eigenvalue weighted by Gasteiger charge is -2.12. The first-order chi connectivity index (χ1) is 12.6. The molecule has 4 aromatic rings. The van der Waals surface area contributed by atoms with Crippen molar-refractivity contribution in [1.82, 2.24) is 4.98 Å². The van der Waals surface area contributed by atoms with Gasteiger partial charge in [0.1, 0.15) is 5.58 Å². The number of aromatic nitrogens is 1. The predicted molar refractivity (Wildman–Crippen MR) is 101 cm³/mol. The second kappa shape index (κ2) is 6.19. The summed E-state index contributed by atoms with van der Waals surface area (Å²) in [6.07, 6.45) is 0. The largest absolute Gasteiger partial charge is 0.493 e. The summed E-state index contributed by atoms with van der Waals surface area (Å²) in [5, 5.41) is 1.82. The highest BCUT2D eigenvalue weighted by molar-refractivity contribution is 6.04. The minimum Gasteiger partial charge on any atom is -0.493 e. The van der Waals surface area contributed by atoms with Gasteiger partial charge in [0, 0.05) is 22.4 Å². The van der Waals surface area contributed by atoms with E-state index in [1.54, 1.807) is 26.4 Å². The summed E-state index contributed by atoms with van der Waals surface area (Å²) in [4.78, 5) is 16.3. The molecule has 0 fully saturated rings. The van der Waals surface area contributed by atoms with Crippen LogP contribution in [0.3, 0.4) is 0 Å². The summed E-state index contributed by atoms with van der Waals surface area (Å²) in [7, 11) is 3.22. The Kier molecular flexibility index (Phi) is 3.84. The summed E-state index contributed by atoms with van der Waals surface area (Å²) in [5.74, 6) is 1.34. The van der Waals surface area contributed by atoms with Crippen LogP contribution in [0.25, 0.3) is 33.1 Å². The first-order valence-electron chi connectivity index (χ1n) is 8.17. The number of nitrogens with zero attached hydrogens (tertiary/aromatic N) is 1. The molecule has 0 aliphatic heterocycles. The Morgan fingerprint density at radius 1 is 0.885 bits per heavy atom. The number of benzene rings is 2. The van der Waals surface area contributed by atoms with Crippen molar-refractivity contribution in [3.8, 4) is 22.8 Å². The van der Waals surface area contributed by atoms with Crippen LogP contribution in [0.1, 0.15) is 5.56 Å². The van der Waals surface area contributed by atoms with Crippen LogP contribution < -0.4 is 15.1 Å². The number of rotatable bonds is 3. The van der Waals surface area contributed by atoms with Crippen LogP contribution in [0.15, 0.2) is 57.7 Å². The fourth-order valence-electron chi connectivity index (χ4n) is 3.18. The number of pyridine rings is 1. The van der Waals surface area contributed by atoms with Gasteiger partial charge >= 0.3 is 5.63 Å². The smallest absolute Gasteiger partial charge is 0.336 e. The molecule has 2 heterocycles. The van der Waals surface area contributed by atoms with Crippen molar-refractivity contribution >= 4 is 21.9 Å². The predicted octanol–water partition coefficient (Wildman–Crippen LogP) is 4.33. The van der Waals surface area contributed by atoms with E-state index < -0.39 is 0 Å². The zero-order valence-electron chi connectivity index (χ0n) is 14.7. The molecule has 0 spiro atoms. The van der Waals surface area contributed by atoms with Crippen LogP contribution >= 0.6 is 0 Å². The quantitative estimate of drug-likeness (QED) is 0.408. The normalized spacial score (nSPS) is 11.0. The van der Waals surface area contributed by atoms with Crippen molar-refractivity contribution in [2.24, 2.45) is 0 Å². The van der Waals surface area contributed by atoms with Crippen LogP contribution in [0.2, 0.25) is 0 Å². The summed E-state index contributed by atoms with van der Waals surface area (Å²) >= 11 is 0. The maximum absolute atomic E-state index is 11.4. The van der Waals surface area contributed by atoms with E-state index in [4.69, 9.17) is 18.9 Å². The third-order valence-corrected chi connectivity index (χ3v) is 4.44. The topological polar surface area (TPSA) is 61.6 Å². The molecule has 0 amide bonds. The van der Waals surface area contributed by atoms with E-state index in [2.05, 4.69) is 6.07 Å². The summed E-state index contributed by atoms with van der Waals surface area (Å²) in [6.45, 7) is 2.01. The van der Waals surface area contributed by atoms with Crippen molar-refractivity contribution in [3.05, 3.63) is 64.5 Å². The maximum Gasteiger partial charge on any atom is 0.336 e. The van der Waals surface area contributed by atoms with E-state index in [0.29, 0.717) is 17.1 Å². The molecule has 0 radical (unpaired) electrons. The van der Waals surface area contributed by atoms with Crippen LogP contribution in [-0.4, -0.2) is 19.2 Å². The maximum atomic E-state index is 11.4. The van der Waals surface area contributed by atoms with Gasteiger partial charge in [0.2, 0.25) is 0 Å². The second-order valence-electron chi connectivity index (χ2n) is 6.02. The van der Waals surface area contributed by atoms with Gasteiger partial charge in [-0.25, -0.2) is 9.78 Å². The van der Waals surface area contributed by atoms with Gasteiger partial charge in [-0.3, -0.25) is 0 Å². The summed E-state index contributed by atoms with van der Waals surface area (Å²) in [5.41, 5.74) is 3.87. The third kappa shape index (κ3) is 2.58. The third-order valence-electron chi connectivity index (χ3n) is 4.44. The first-order valence-corrected chi connectivity index (χ1v) is 8.17. The molecule has 0 N–H and O–H groups in total. The molecule has 2 aromatic heterocycles. The monoisotopic (exact) mass is 347 g/mol. The molecule has 130 valence electrons. The van der Waals surface area contributed by atoms with Gasteiger partial charge in [0.25, 0.3) is 0 Å². The second-order valence-corrected chi connectivity index (χ2v) is 6.02. The van der Waals surface area contributed by atoms with E-state index in [-0.39, 0.29) is 5.63 Å². The number of hydrogen-bond donors (Lipinski definition) is 0. The van der Waals surface area contributed by atoms with Crippen molar-refractivity contribution in [2.45, 2.75) is 6.92 Å². The fourth-order valence-corrected chi connectivity index (χ4v) is 3.18. The van der Waals surface area contributed by atoms with Crippen LogP contribution in [0.4, 0.5) is 0 Å². The minimum absolute atomic E-state index is 0.358. The lowest BCUT2D eigenvalue weighted by Crippen LogP contribution is -1.96. The SMILES string of the molecule is COc1ccc(-c2nc3ccc4oc(=O)ccc4c3cc2C)cc1OC. The highest BCUT2D eigenvalue weighted by Crippen LogP contribution is 2.34. The average Bonchev–Trinajstić information content (AvgIpc) is 2.66. The van der Waals surface area contributed by atoms with Crippen molar-refractivity contribution in [3.63, 3.8) is 0 Å². The standard InChI is InChI=1S/C21H17NO4/c1-12-10-15-14-5-9-20(23)26-17(14)8-6-16(15)22-21(12)13-4-7-18(24-2)19(11-13)25-3/h4-11H,1-3H3. The minimum atomic E-state index is -0.358. The van der Waals surface area contributed by atoms with Gasteiger partial charge in [-0.05, 0) is 55.0 Å². The molecule has 4 rings (SSSR count). The van der Waals surface area contributed by atoms with E-state index in [0.717, 1.165) is 33.1 Å². The lowest BCUT2D eigenvalue weighted by molar-refractivity contribution is 0.355. The van der Waals surface area contributed by atoms with Gasteiger partial charge in [0.05, 0.1) is 25.4 Å². The molecular weight excluding hydrogens is 330 g/mol. The van der Waals surface area contributed by atoms with Gasteiger partial charge in [-0.1, -0.05) is 0 Å². The van der Waals surface area contributed by atoms with Crippen molar-refractivity contribution in [1.29, 1.82) is 0 Å². The van der Waals surface area contributed by atoms with Gasteiger partial charge in [-0.2, -0.15) is 0 Å². The Bertz CT molecular complexity index is 1190. The molecule has 0 saturated carbocycles. The average molecular weight is 347 g/mol. The van der Waals surface area contributed by atoms with Crippen molar-refractivity contribution < 1.29 is 13.9 Å². The number of fused-ring (bicyclic) bond motifs is 3. The van der Waals surface area contributed by atoms with Crippen LogP contribution in [0, 0.1) is 6.92 Å². The Morgan fingerprint density at radius 2 is 1.69 bits per heavy atom. The number of hydrogen-bond acceptors (Lipinski definition) is 5. The number of methoxy groups -OCH3 is 2. The Morgan fingerprint density at radius 3 is 2.46 bits per heavy atom. The molecule has 26 heavy (non-hydrogen) atoms. The zero-order valence-corrected chi connectivity index (χ0v) is 14.7. The lowest BCUT2D eigenvalue weighted by atomic mass is 10.0. The molecule has 0 aliphatic rings. The van der Waals surface area contributed by atoms with Gasteiger partial charge in [0.15, 0.2) is 11.5 Å². The van der Waals surface area contributed by atoms with E-state index in [1.807, 2.05) is 31.2 Å². The number of ether oxygens (including phenoxy) is 2. The molecule has 0 bridgehead atoms. The molecule has 0 atom stereocenters. The summed E-state index contributed by atoms with van der Waals surface area (Å²) in [6, 6.07) is 14.7. The van der Waals surface area contributed by atoms with Gasteiger partial charge < -0.3 is 13.9 Å². The van der Waals surface area contributed by atoms with Crippen molar-refractivity contribution in [2.75, 3.05) is 14.2 Å². The van der Waals surface area contributed by atoms with Crippen LogP contribution in [0.5, 0.6) is 11.5 Å². The highest BCUT2D eigenvalue weighted by atomic mass is 16.5. The molecule has 0 saturated heterocycles. The Hall–Kier alpha value is -3.34.